The first kappa shape index (κ1) is 16.0. The smallest absolute Gasteiger partial charge is 0.121 e. The molecular weight excluding hydrogens is 280 g/mol. The fourth-order valence-corrected chi connectivity index (χ4v) is 3.30. The van der Waals surface area contributed by atoms with Gasteiger partial charge in [-0.15, -0.1) is 11.3 Å². The molecule has 1 aromatic carbocycles. The summed E-state index contributed by atoms with van der Waals surface area (Å²) < 4.78 is 5.32. The van der Waals surface area contributed by atoms with Crippen LogP contribution in [0.3, 0.4) is 0 Å². The third-order valence-corrected chi connectivity index (χ3v) is 4.48. The van der Waals surface area contributed by atoms with E-state index >= 15 is 0 Å². The van der Waals surface area contributed by atoms with Crippen LogP contribution in [0.1, 0.15) is 28.8 Å². The first-order valence-electron chi connectivity index (χ1n) is 7.47. The first-order chi connectivity index (χ1) is 10.2. The van der Waals surface area contributed by atoms with E-state index in [0.717, 1.165) is 36.5 Å². The van der Waals surface area contributed by atoms with Gasteiger partial charge in [-0.3, -0.25) is 0 Å². The van der Waals surface area contributed by atoms with E-state index in [0.29, 0.717) is 0 Å². The molecule has 0 atom stereocenters. The van der Waals surface area contributed by atoms with Crippen molar-refractivity contribution < 1.29 is 4.74 Å². The number of benzene rings is 1. The van der Waals surface area contributed by atoms with Gasteiger partial charge in [0, 0.05) is 23.4 Å². The molecule has 0 unspecified atom stereocenters. The summed E-state index contributed by atoms with van der Waals surface area (Å²) in [7, 11) is 1.71. The largest absolute Gasteiger partial charge is 0.496 e. The molecule has 0 spiro atoms. The zero-order chi connectivity index (χ0) is 15.2. The molecule has 114 valence electrons. The first-order valence-corrected chi connectivity index (χ1v) is 8.29. The van der Waals surface area contributed by atoms with E-state index in [4.69, 9.17) is 9.72 Å². The van der Waals surface area contributed by atoms with Gasteiger partial charge in [-0.25, -0.2) is 4.98 Å². The van der Waals surface area contributed by atoms with E-state index in [1.807, 2.05) is 6.07 Å². The Morgan fingerprint density at radius 2 is 2.05 bits per heavy atom. The van der Waals surface area contributed by atoms with Crippen molar-refractivity contribution in [1.82, 2.24) is 10.3 Å². The lowest BCUT2D eigenvalue weighted by Crippen LogP contribution is -2.17. The van der Waals surface area contributed by atoms with Crippen molar-refractivity contribution in [1.29, 1.82) is 0 Å². The van der Waals surface area contributed by atoms with Crippen LogP contribution in [-0.4, -0.2) is 25.2 Å². The van der Waals surface area contributed by atoms with E-state index < -0.39 is 0 Å². The van der Waals surface area contributed by atoms with Gasteiger partial charge in [0.25, 0.3) is 0 Å². The predicted octanol–water partition coefficient (Wildman–Crippen LogP) is 3.98. The van der Waals surface area contributed by atoms with Gasteiger partial charge in [0.15, 0.2) is 0 Å². The van der Waals surface area contributed by atoms with Crippen molar-refractivity contribution in [2.45, 2.75) is 33.6 Å². The molecule has 0 fully saturated rings. The number of thiazole rings is 1. The van der Waals surface area contributed by atoms with Gasteiger partial charge >= 0.3 is 0 Å². The molecule has 0 radical (unpaired) electrons. The normalized spacial score (nSPS) is 10.9. The van der Waals surface area contributed by atoms with Crippen molar-refractivity contribution in [3.63, 3.8) is 0 Å². The van der Waals surface area contributed by atoms with E-state index in [1.165, 1.54) is 21.9 Å². The van der Waals surface area contributed by atoms with Crippen LogP contribution in [0, 0.1) is 13.8 Å². The second kappa shape index (κ2) is 7.57. The number of nitrogens with zero attached hydrogens (tertiary/aromatic N) is 1. The minimum Gasteiger partial charge on any atom is -0.496 e. The minimum atomic E-state index is 0.927. The van der Waals surface area contributed by atoms with E-state index in [-0.39, 0.29) is 0 Å². The Kier molecular flexibility index (Phi) is 5.76. The number of methoxy groups -OCH3 is 1. The second-order valence-electron chi connectivity index (χ2n) is 5.20. The van der Waals surface area contributed by atoms with Crippen LogP contribution >= 0.6 is 11.3 Å². The highest BCUT2D eigenvalue weighted by molar-refractivity contribution is 7.12. The quantitative estimate of drug-likeness (QED) is 0.786. The second-order valence-corrected chi connectivity index (χ2v) is 6.48. The van der Waals surface area contributed by atoms with Crippen LogP contribution in [0.15, 0.2) is 18.2 Å². The molecule has 2 aromatic rings. The Morgan fingerprint density at radius 3 is 2.71 bits per heavy atom. The van der Waals surface area contributed by atoms with Crippen LogP contribution in [-0.2, 0) is 6.42 Å². The zero-order valence-electron chi connectivity index (χ0n) is 13.3. The molecule has 1 N–H and O–H groups in total. The predicted molar refractivity (Wildman–Crippen MR) is 90.4 cm³/mol. The maximum Gasteiger partial charge on any atom is 0.121 e. The van der Waals surface area contributed by atoms with E-state index in [1.54, 1.807) is 18.4 Å². The lowest BCUT2D eigenvalue weighted by atomic mass is 10.1. The molecule has 0 aliphatic heterocycles. The SMILES string of the molecule is CCCNCCc1nc(-c2ccc(OC)c(C)c2)c(C)s1. The summed E-state index contributed by atoms with van der Waals surface area (Å²) in [5, 5.41) is 4.63. The molecule has 0 amide bonds. The summed E-state index contributed by atoms with van der Waals surface area (Å²) in [5.41, 5.74) is 3.43. The minimum absolute atomic E-state index is 0.927. The average molecular weight is 304 g/mol. The van der Waals surface area contributed by atoms with Crippen LogP contribution in [0.5, 0.6) is 5.75 Å². The number of nitrogens with one attached hydrogen (secondary N) is 1. The Labute approximate surface area is 131 Å². The van der Waals surface area contributed by atoms with Gasteiger partial charge in [0.05, 0.1) is 17.8 Å². The van der Waals surface area contributed by atoms with Gasteiger partial charge in [-0.1, -0.05) is 6.92 Å². The molecule has 21 heavy (non-hydrogen) atoms. The van der Waals surface area contributed by atoms with Crippen molar-refractivity contribution in [3.05, 3.63) is 33.6 Å². The third-order valence-electron chi connectivity index (χ3n) is 3.45. The number of ether oxygens (including phenoxy) is 1. The molecule has 0 saturated carbocycles. The molecule has 3 nitrogen and oxygen atoms in total. The fourth-order valence-electron chi connectivity index (χ4n) is 2.35. The molecule has 1 aromatic heterocycles. The lowest BCUT2D eigenvalue weighted by Gasteiger charge is -2.06. The highest BCUT2D eigenvalue weighted by Gasteiger charge is 2.11. The molecule has 1 heterocycles. The van der Waals surface area contributed by atoms with Crippen LogP contribution in [0.25, 0.3) is 11.3 Å². The van der Waals surface area contributed by atoms with Crippen molar-refractivity contribution in [2.75, 3.05) is 20.2 Å². The highest BCUT2D eigenvalue weighted by Crippen LogP contribution is 2.30. The topological polar surface area (TPSA) is 34.2 Å². The maximum atomic E-state index is 5.32. The van der Waals surface area contributed by atoms with E-state index in [2.05, 4.69) is 38.2 Å². The zero-order valence-corrected chi connectivity index (χ0v) is 14.1. The molecule has 0 bridgehead atoms. The van der Waals surface area contributed by atoms with Crippen LogP contribution < -0.4 is 10.1 Å². The van der Waals surface area contributed by atoms with Crippen molar-refractivity contribution in [3.8, 4) is 17.0 Å². The summed E-state index contributed by atoms with van der Waals surface area (Å²) in [5.74, 6) is 0.927. The Morgan fingerprint density at radius 1 is 1.24 bits per heavy atom. The lowest BCUT2D eigenvalue weighted by molar-refractivity contribution is 0.412. The molecule has 2 rings (SSSR count). The summed E-state index contributed by atoms with van der Waals surface area (Å²) in [6.07, 6.45) is 2.17. The summed E-state index contributed by atoms with van der Waals surface area (Å²) in [4.78, 5) is 6.09. The van der Waals surface area contributed by atoms with Crippen molar-refractivity contribution >= 4 is 11.3 Å². The number of hydrogen-bond donors (Lipinski definition) is 1. The monoisotopic (exact) mass is 304 g/mol. The van der Waals surface area contributed by atoms with E-state index in [9.17, 15) is 0 Å². The van der Waals surface area contributed by atoms with Gasteiger partial charge in [0.1, 0.15) is 5.75 Å². The van der Waals surface area contributed by atoms with Gasteiger partial charge in [0.2, 0.25) is 0 Å². The number of aryl methyl sites for hydroxylation is 2. The average Bonchev–Trinajstić information content (AvgIpc) is 2.84. The number of aromatic nitrogens is 1. The molecule has 0 aliphatic carbocycles. The Bertz CT molecular complexity index is 592. The van der Waals surface area contributed by atoms with Crippen molar-refractivity contribution in [2.24, 2.45) is 0 Å². The molecule has 0 aliphatic rings. The summed E-state index contributed by atoms with van der Waals surface area (Å²) in [6, 6.07) is 6.26. The summed E-state index contributed by atoms with van der Waals surface area (Å²) >= 11 is 1.80. The standard InChI is InChI=1S/C17H24N2OS/c1-5-9-18-10-8-16-19-17(13(3)21-16)14-6-7-15(20-4)12(2)11-14/h6-7,11,18H,5,8-10H2,1-4H3. The van der Waals surface area contributed by atoms with Gasteiger partial charge in [-0.2, -0.15) is 0 Å². The number of rotatable bonds is 7. The van der Waals surface area contributed by atoms with Crippen LogP contribution in [0.4, 0.5) is 0 Å². The maximum absolute atomic E-state index is 5.32. The number of hydrogen-bond acceptors (Lipinski definition) is 4. The third kappa shape index (κ3) is 4.05. The van der Waals surface area contributed by atoms with Gasteiger partial charge in [-0.05, 0) is 50.6 Å². The molecular formula is C17H24N2OS. The summed E-state index contributed by atoms with van der Waals surface area (Å²) in [6.45, 7) is 8.48. The van der Waals surface area contributed by atoms with Gasteiger partial charge < -0.3 is 10.1 Å². The molecule has 0 saturated heterocycles. The molecule has 4 heteroatoms. The Balaban J connectivity index is 2.13. The Hall–Kier alpha value is -1.39. The fraction of sp³-hybridized carbons (Fsp3) is 0.471. The highest BCUT2D eigenvalue weighted by atomic mass is 32.1. The van der Waals surface area contributed by atoms with Crippen LogP contribution in [0.2, 0.25) is 0 Å².